The summed E-state index contributed by atoms with van der Waals surface area (Å²) in [5, 5.41) is 0. The van der Waals surface area contributed by atoms with E-state index in [0.717, 1.165) is 12.6 Å². The van der Waals surface area contributed by atoms with Crippen LogP contribution in [0.4, 0.5) is 0 Å². The summed E-state index contributed by atoms with van der Waals surface area (Å²) in [6, 6.07) is 9.23. The molecule has 0 bridgehead atoms. The van der Waals surface area contributed by atoms with Crippen molar-refractivity contribution in [1.82, 2.24) is 9.80 Å². The van der Waals surface area contributed by atoms with Gasteiger partial charge in [-0.15, -0.1) is 0 Å². The molecule has 1 aromatic rings. The predicted molar refractivity (Wildman–Crippen MR) is 71.5 cm³/mol. The second-order valence-electron chi connectivity index (χ2n) is 4.73. The van der Waals surface area contributed by atoms with Gasteiger partial charge in [0.2, 0.25) is 0 Å². The highest BCUT2D eigenvalue weighted by molar-refractivity contribution is 9.10. The van der Waals surface area contributed by atoms with Crippen molar-refractivity contribution in [3.63, 3.8) is 0 Å². The first-order valence-electron chi connectivity index (χ1n) is 5.79. The Hall–Kier alpha value is -0.380. The predicted octanol–water partition coefficient (Wildman–Crippen LogP) is 2.59. The van der Waals surface area contributed by atoms with Crippen molar-refractivity contribution < 1.29 is 0 Å². The van der Waals surface area contributed by atoms with Gasteiger partial charge in [-0.2, -0.15) is 0 Å². The molecule has 0 aromatic heterocycles. The molecule has 1 heterocycles. The standard InChI is InChI=1S/C13H19BrN2/c1-15(2)12-7-8-16(10-12)9-11-5-3-4-6-13(11)14/h3-6,12H,7-10H2,1-2H3. The van der Waals surface area contributed by atoms with Crippen LogP contribution in [0.15, 0.2) is 28.7 Å². The molecule has 16 heavy (non-hydrogen) atoms. The number of halogens is 1. The van der Waals surface area contributed by atoms with E-state index in [1.54, 1.807) is 0 Å². The number of benzene rings is 1. The molecule has 1 aliphatic rings. The molecule has 3 heteroatoms. The number of hydrogen-bond acceptors (Lipinski definition) is 2. The fourth-order valence-corrected chi connectivity index (χ4v) is 2.66. The number of hydrogen-bond donors (Lipinski definition) is 0. The lowest BCUT2D eigenvalue weighted by atomic mass is 10.2. The average molecular weight is 283 g/mol. The van der Waals surface area contributed by atoms with E-state index in [1.165, 1.54) is 29.5 Å². The fraction of sp³-hybridized carbons (Fsp3) is 0.538. The molecule has 0 amide bonds. The molecular weight excluding hydrogens is 264 g/mol. The molecule has 1 saturated heterocycles. The van der Waals surface area contributed by atoms with Gasteiger partial charge in [-0.05, 0) is 32.1 Å². The van der Waals surface area contributed by atoms with Crippen LogP contribution in [0.25, 0.3) is 0 Å². The summed E-state index contributed by atoms with van der Waals surface area (Å²) in [5.41, 5.74) is 1.39. The largest absolute Gasteiger partial charge is 0.305 e. The van der Waals surface area contributed by atoms with Crippen molar-refractivity contribution in [2.24, 2.45) is 0 Å². The van der Waals surface area contributed by atoms with Crippen LogP contribution in [0.3, 0.4) is 0 Å². The van der Waals surface area contributed by atoms with Crippen molar-refractivity contribution in [1.29, 1.82) is 0 Å². The maximum Gasteiger partial charge on any atom is 0.0245 e. The van der Waals surface area contributed by atoms with E-state index in [0.29, 0.717) is 0 Å². The molecule has 0 aliphatic carbocycles. The lowest BCUT2D eigenvalue weighted by Crippen LogP contribution is -2.31. The molecule has 0 spiro atoms. The smallest absolute Gasteiger partial charge is 0.0245 e. The van der Waals surface area contributed by atoms with Gasteiger partial charge >= 0.3 is 0 Å². The van der Waals surface area contributed by atoms with Crippen molar-refractivity contribution in [2.75, 3.05) is 27.2 Å². The second kappa shape index (κ2) is 5.30. The van der Waals surface area contributed by atoms with E-state index >= 15 is 0 Å². The van der Waals surface area contributed by atoms with Crippen LogP contribution in [0.1, 0.15) is 12.0 Å². The lowest BCUT2D eigenvalue weighted by molar-refractivity contribution is 0.264. The average Bonchev–Trinajstić information content (AvgIpc) is 2.70. The van der Waals surface area contributed by atoms with E-state index in [1.807, 2.05) is 0 Å². The Morgan fingerprint density at radius 1 is 1.38 bits per heavy atom. The normalized spacial score (nSPS) is 21.9. The highest BCUT2D eigenvalue weighted by Gasteiger charge is 2.23. The number of rotatable bonds is 3. The van der Waals surface area contributed by atoms with Crippen LogP contribution in [0.5, 0.6) is 0 Å². The molecule has 1 fully saturated rings. The van der Waals surface area contributed by atoms with E-state index < -0.39 is 0 Å². The van der Waals surface area contributed by atoms with Crippen LogP contribution in [0, 0.1) is 0 Å². The Labute approximate surface area is 106 Å². The van der Waals surface area contributed by atoms with E-state index in [9.17, 15) is 0 Å². The lowest BCUT2D eigenvalue weighted by Gasteiger charge is -2.20. The molecule has 2 rings (SSSR count). The summed E-state index contributed by atoms with van der Waals surface area (Å²) in [5.74, 6) is 0. The molecule has 1 unspecified atom stereocenters. The highest BCUT2D eigenvalue weighted by atomic mass is 79.9. The van der Waals surface area contributed by atoms with Gasteiger partial charge < -0.3 is 4.90 Å². The van der Waals surface area contributed by atoms with Gasteiger partial charge in [-0.3, -0.25) is 4.90 Å². The first-order chi connectivity index (χ1) is 7.66. The van der Waals surface area contributed by atoms with Gasteiger partial charge in [0, 0.05) is 30.1 Å². The summed E-state index contributed by atoms with van der Waals surface area (Å²) >= 11 is 3.61. The third-order valence-corrected chi connectivity index (χ3v) is 4.10. The summed E-state index contributed by atoms with van der Waals surface area (Å²) in [6.07, 6.45) is 1.29. The van der Waals surface area contributed by atoms with Gasteiger partial charge in [0.25, 0.3) is 0 Å². The Bertz CT molecular complexity index is 352. The second-order valence-corrected chi connectivity index (χ2v) is 5.59. The summed E-state index contributed by atoms with van der Waals surface area (Å²) in [7, 11) is 4.35. The monoisotopic (exact) mass is 282 g/mol. The van der Waals surface area contributed by atoms with Crippen LogP contribution in [-0.2, 0) is 6.54 Å². The molecule has 1 aliphatic heterocycles. The zero-order valence-corrected chi connectivity index (χ0v) is 11.6. The van der Waals surface area contributed by atoms with Crippen LogP contribution in [0.2, 0.25) is 0 Å². The minimum absolute atomic E-state index is 0.725. The highest BCUT2D eigenvalue weighted by Crippen LogP contribution is 2.21. The zero-order valence-electron chi connectivity index (χ0n) is 9.99. The SMILES string of the molecule is CN(C)C1CCN(Cc2ccccc2Br)C1. The third kappa shape index (κ3) is 2.84. The fourth-order valence-electron chi connectivity index (χ4n) is 2.24. The summed E-state index contributed by atoms with van der Waals surface area (Å²) in [6.45, 7) is 3.46. The van der Waals surface area contributed by atoms with Gasteiger partial charge in [0.15, 0.2) is 0 Å². The first kappa shape index (κ1) is 12.1. The quantitative estimate of drug-likeness (QED) is 0.841. The van der Waals surface area contributed by atoms with Crippen LogP contribution < -0.4 is 0 Å². The molecule has 1 atom stereocenters. The molecule has 0 N–H and O–H groups in total. The van der Waals surface area contributed by atoms with Gasteiger partial charge in [-0.1, -0.05) is 34.1 Å². The van der Waals surface area contributed by atoms with Crippen molar-refractivity contribution in [3.8, 4) is 0 Å². The Morgan fingerprint density at radius 2 is 2.12 bits per heavy atom. The summed E-state index contributed by atoms with van der Waals surface area (Å²) in [4.78, 5) is 4.87. The van der Waals surface area contributed by atoms with Crippen LogP contribution in [-0.4, -0.2) is 43.0 Å². The Balaban J connectivity index is 1.95. The van der Waals surface area contributed by atoms with Gasteiger partial charge in [0.05, 0.1) is 0 Å². The third-order valence-electron chi connectivity index (χ3n) is 3.33. The maximum absolute atomic E-state index is 3.61. The molecule has 0 radical (unpaired) electrons. The van der Waals surface area contributed by atoms with Crippen LogP contribution >= 0.6 is 15.9 Å². The maximum atomic E-state index is 3.61. The minimum Gasteiger partial charge on any atom is -0.305 e. The van der Waals surface area contributed by atoms with E-state index in [2.05, 4.69) is 64.1 Å². The summed E-state index contributed by atoms with van der Waals surface area (Å²) < 4.78 is 1.23. The first-order valence-corrected chi connectivity index (χ1v) is 6.58. The Kier molecular flexibility index (Phi) is 4.00. The van der Waals surface area contributed by atoms with Crippen molar-refractivity contribution in [3.05, 3.63) is 34.3 Å². The number of likely N-dealkylation sites (tertiary alicyclic amines) is 1. The molecule has 1 aromatic carbocycles. The number of likely N-dealkylation sites (N-methyl/N-ethyl adjacent to an activating group) is 1. The minimum atomic E-state index is 0.725. The topological polar surface area (TPSA) is 6.48 Å². The molecule has 0 saturated carbocycles. The van der Waals surface area contributed by atoms with Gasteiger partial charge in [-0.25, -0.2) is 0 Å². The molecule has 2 nitrogen and oxygen atoms in total. The Morgan fingerprint density at radius 3 is 2.75 bits per heavy atom. The van der Waals surface area contributed by atoms with E-state index in [-0.39, 0.29) is 0 Å². The van der Waals surface area contributed by atoms with Crippen molar-refractivity contribution >= 4 is 15.9 Å². The number of nitrogens with zero attached hydrogens (tertiary/aromatic N) is 2. The van der Waals surface area contributed by atoms with Crippen molar-refractivity contribution in [2.45, 2.75) is 19.0 Å². The molecular formula is C13H19BrN2. The molecule has 88 valence electrons. The van der Waals surface area contributed by atoms with E-state index in [4.69, 9.17) is 0 Å². The zero-order chi connectivity index (χ0) is 11.5. The van der Waals surface area contributed by atoms with Gasteiger partial charge in [0.1, 0.15) is 0 Å².